The zero-order valence-electron chi connectivity index (χ0n) is 8.09. The molecule has 0 saturated carbocycles. The average Bonchev–Trinajstić information content (AvgIpc) is 1.97. The lowest BCUT2D eigenvalue weighted by Crippen LogP contribution is -2.35. The summed E-state index contributed by atoms with van der Waals surface area (Å²) >= 11 is 4.69. The predicted molar refractivity (Wildman–Crippen MR) is 53.9 cm³/mol. The van der Waals surface area contributed by atoms with E-state index in [-0.39, 0.29) is 13.2 Å². The summed E-state index contributed by atoms with van der Waals surface area (Å²) in [7, 11) is 0. The average molecular weight is 205 g/mol. The number of hydrogen-bond acceptors (Lipinski definition) is 4. The summed E-state index contributed by atoms with van der Waals surface area (Å²) in [5.41, 5.74) is -0.509. The Labute approximate surface area is 83.3 Å². The molecule has 0 aliphatic rings. The van der Waals surface area contributed by atoms with Crippen LogP contribution < -0.4 is 5.32 Å². The third-order valence-corrected chi connectivity index (χ3v) is 1.28. The molecule has 0 atom stereocenters. The summed E-state index contributed by atoms with van der Waals surface area (Å²) in [5.74, 6) is 0. The molecule has 0 aliphatic heterocycles. The molecule has 0 aromatic carbocycles. The molecule has 0 rings (SSSR count). The molecule has 0 heterocycles. The van der Waals surface area contributed by atoms with Crippen molar-refractivity contribution in [2.75, 3.05) is 13.2 Å². The first-order valence-corrected chi connectivity index (χ1v) is 4.35. The topological polar surface area (TPSA) is 58.6 Å². The van der Waals surface area contributed by atoms with Crippen LogP contribution in [0.3, 0.4) is 0 Å². The second-order valence-electron chi connectivity index (χ2n) is 3.55. The molecule has 5 heteroatoms. The van der Waals surface area contributed by atoms with Crippen LogP contribution in [-0.2, 0) is 4.74 Å². The molecule has 0 unspecified atom stereocenters. The highest BCUT2D eigenvalue weighted by molar-refractivity contribution is 7.80. The molecular weight excluding hydrogens is 190 g/mol. The Kier molecular flexibility index (Phi) is 4.87. The molecule has 0 spiro atoms. The van der Waals surface area contributed by atoms with Crippen LogP contribution in [0.5, 0.6) is 0 Å². The van der Waals surface area contributed by atoms with Crippen LogP contribution in [-0.4, -0.2) is 34.8 Å². The highest BCUT2D eigenvalue weighted by atomic mass is 32.1. The van der Waals surface area contributed by atoms with Crippen LogP contribution in [0.25, 0.3) is 0 Å². The van der Waals surface area contributed by atoms with Crippen molar-refractivity contribution in [2.45, 2.75) is 26.4 Å². The first kappa shape index (κ1) is 12.3. The Hall–Kier alpha value is -0.680. The minimum absolute atomic E-state index is 0.167. The first-order chi connectivity index (χ1) is 5.85. The quantitative estimate of drug-likeness (QED) is 0.671. The van der Waals surface area contributed by atoms with Crippen molar-refractivity contribution in [3.63, 3.8) is 0 Å². The lowest BCUT2D eigenvalue weighted by atomic mass is 10.2. The molecule has 0 radical (unpaired) electrons. The van der Waals surface area contributed by atoms with Gasteiger partial charge in [0.1, 0.15) is 5.60 Å². The van der Waals surface area contributed by atoms with E-state index < -0.39 is 11.7 Å². The summed E-state index contributed by atoms with van der Waals surface area (Å²) in [6, 6.07) is 0. The fraction of sp³-hybridized carbons (Fsp3) is 0.750. The highest BCUT2D eigenvalue weighted by Crippen LogP contribution is 2.05. The van der Waals surface area contributed by atoms with E-state index in [2.05, 4.69) is 5.32 Å². The second-order valence-corrected chi connectivity index (χ2v) is 4.13. The Morgan fingerprint density at radius 2 is 2.08 bits per heavy atom. The van der Waals surface area contributed by atoms with E-state index in [1.165, 1.54) is 0 Å². The van der Waals surface area contributed by atoms with Gasteiger partial charge in [0.15, 0.2) is 0 Å². The number of ether oxygens (including phenoxy) is 1. The third kappa shape index (κ3) is 7.67. The van der Waals surface area contributed by atoms with E-state index in [1.807, 2.05) is 0 Å². The van der Waals surface area contributed by atoms with E-state index in [1.54, 1.807) is 20.8 Å². The minimum Gasteiger partial charge on any atom is -0.444 e. The van der Waals surface area contributed by atoms with Gasteiger partial charge in [-0.15, -0.1) is 0 Å². The number of aliphatic hydroxyl groups is 1. The number of rotatable bonds is 3. The van der Waals surface area contributed by atoms with Crippen molar-refractivity contribution in [2.24, 2.45) is 0 Å². The van der Waals surface area contributed by atoms with Crippen molar-refractivity contribution in [3.05, 3.63) is 0 Å². The van der Waals surface area contributed by atoms with E-state index in [9.17, 15) is 4.79 Å². The van der Waals surface area contributed by atoms with Gasteiger partial charge in [-0.25, -0.2) is 4.79 Å². The largest absolute Gasteiger partial charge is 0.444 e. The normalized spacial score (nSPS) is 10.8. The summed E-state index contributed by atoms with van der Waals surface area (Å²) < 4.78 is 4.94. The number of alkyl carbamates (subject to hydrolysis) is 1. The molecule has 76 valence electrons. The zero-order chi connectivity index (χ0) is 10.5. The van der Waals surface area contributed by atoms with Crippen molar-refractivity contribution in [1.29, 1.82) is 0 Å². The third-order valence-electron chi connectivity index (χ3n) is 1.01. The Morgan fingerprint density at radius 3 is 2.46 bits per heavy atom. The van der Waals surface area contributed by atoms with E-state index >= 15 is 0 Å². The number of carbonyl (C=O) groups is 1. The molecule has 0 bridgehead atoms. The van der Waals surface area contributed by atoms with Gasteiger partial charge in [-0.2, -0.15) is 0 Å². The number of amides is 1. The molecule has 4 nitrogen and oxygen atoms in total. The van der Waals surface area contributed by atoms with Gasteiger partial charge in [0, 0.05) is 4.86 Å². The van der Waals surface area contributed by atoms with Crippen molar-refractivity contribution < 1.29 is 14.6 Å². The number of carbonyl (C=O) groups excluding carboxylic acids is 1. The number of aliphatic hydroxyl groups excluding tert-OH is 1. The lowest BCUT2D eigenvalue weighted by Gasteiger charge is -2.19. The van der Waals surface area contributed by atoms with E-state index in [0.717, 1.165) is 0 Å². The summed E-state index contributed by atoms with van der Waals surface area (Å²) in [5, 5.41) is 11.0. The van der Waals surface area contributed by atoms with Gasteiger partial charge < -0.3 is 15.2 Å². The highest BCUT2D eigenvalue weighted by Gasteiger charge is 2.15. The molecule has 0 saturated heterocycles. The summed E-state index contributed by atoms with van der Waals surface area (Å²) in [6.45, 7) is 5.29. The van der Waals surface area contributed by atoms with Gasteiger partial charge in [0.25, 0.3) is 0 Å². The standard InChI is InChI=1S/C8H15NO3S/c1-8(2,3)12-7(11)9-4-6(13)5-10/h10H,4-5H2,1-3H3,(H,9,11). The summed E-state index contributed by atoms with van der Waals surface area (Å²) in [4.78, 5) is 11.4. The molecule has 0 aliphatic carbocycles. The number of nitrogens with one attached hydrogen (secondary N) is 1. The van der Waals surface area contributed by atoms with Crippen LogP contribution in [0.2, 0.25) is 0 Å². The molecule has 0 aromatic heterocycles. The Morgan fingerprint density at radius 1 is 1.54 bits per heavy atom. The van der Waals surface area contributed by atoms with Crippen LogP contribution in [0, 0.1) is 0 Å². The van der Waals surface area contributed by atoms with Crippen LogP contribution >= 0.6 is 12.2 Å². The van der Waals surface area contributed by atoms with Gasteiger partial charge in [0.2, 0.25) is 0 Å². The van der Waals surface area contributed by atoms with Gasteiger partial charge in [-0.1, -0.05) is 12.2 Å². The van der Waals surface area contributed by atoms with Gasteiger partial charge >= 0.3 is 6.09 Å². The van der Waals surface area contributed by atoms with E-state index in [4.69, 9.17) is 22.1 Å². The second kappa shape index (κ2) is 5.14. The van der Waals surface area contributed by atoms with Gasteiger partial charge in [0.05, 0.1) is 13.2 Å². The predicted octanol–water partition coefficient (Wildman–Crippen LogP) is 0.873. The molecule has 13 heavy (non-hydrogen) atoms. The van der Waals surface area contributed by atoms with Crippen molar-refractivity contribution in [3.8, 4) is 0 Å². The number of hydrogen-bond donors (Lipinski definition) is 2. The fourth-order valence-electron chi connectivity index (χ4n) is 0.541. The van der Waals surface area contributed by atoms with E-state index in [0.29, 0.717) is 4.86 Å². The van der Waals surface area contributed by atoms with Crippen LogP contribution in [0.1, 0.15) is 20.8 Å². The van der Waals surface area contributed by atoms with Crippen LogP contribution in [0.4, 0.5) is 4.79 Å². The molecule has 2 N–H and O–H groups in total. The SMILES string of the molecule is CC(C)(C)OC(=O)NCC(=S)CO. The minimum atomic E-state index is -0.525. The molecule has 1 amide bonds. The van der Waals surface area contributed by atoms with Gasteiger partial charge in [-0.3, -0.25) is 0 Å². The monoisotopic (exact) mass is 205 g/mol. The van der Waals surface area contributed by atoms with Crippen molar-refractivity contribution >= 4 is 23.2 Å². The van der Waals surface area contributed by atoms with Gasteiger partial charge in [-0.05, 0) is 20.8 Å². The lowest BCUT2D eigenvalue weighted by molar-refractivity contribution is 0.0536. The first-order valence-electron chi connectivity index (χ1n) is 3.94. The maximum absolute atomic E-state index is 11.0. The molecular formula is C8H15NO3S. The fourth-order valence-corrected chi connectivity index (χ4v) is 0.613. The van der Waals surface area contributed by atoms with Crippen LogP contribution in [0.15, 0.2) is 0 Å². The Balaban J connectivity index is 3.71. The maximum atomic E-state index is 11.0. The Bertz CT molecular complexity index is 198. The molecule has 0 aromatic rings. The van der Waals surface area contributed by atoms with Crippen molar-refractivity contribution in [1.82, 2.24) is 5.32 Å². The zero-order valence-corrected chi connectivity index (χ0v) is 8.90. The smallest absolute Gasteiger partial charge is 0.407 e. The number of thiocarbonyl (C=S) groups is 1. The molecule has 0 fully saturated rings. The summed E-state index contributed by atoms with van der Waals surface area (Å²) in [6.07, 6.45) is -0.525. The maximum Gasteiger partial charge on any atom is 0.407 e.